The van der Waals surface area contributed by atoms with E-state index in [0.717, 1.165) is 29.7 Å². The summed E-state index contributed by atoms with van der Waals surface area (Å²) < 4.78 is 49.0. The van der Waals surface area contributed by atoms with Crippen molar-refractivity contribution < 1.29 is 22.4 Å². The first-order valence-electron chi connectivity index (χ1n) is 8.38. The van der Waals surface area contributed by atoms with Crippen LogP contribution in [0.15, 0.2) is 18.2 Å². The number of anilines is 1. The van der Waals surface area contributed by atoms with Crippen molar-refractivity contribution in [1.82, 2.24) is 0 Å². The number of carbonyl (C=O) groups excluding carboxylic acids is 1. The summed E-state index contributed by atoms with van der Waals surface area (Å²) in [5.74, 6) is 2.96. The summed E-state index contributed by atoms with van der Waals surface area (Å²) in [7, 11) is 1.50. The maximum Gasteiger partial charge on any atom is 0.419 e. The zero-order valence-electron chi connectivity index (χ0n) is 14.7. The van der Waals surface area contributed by atoms with E-state index in [4.69, 9.17) is 0 Å². The van der Waals surface area contributed by atoms with Crippen molar-refractivity contribution in [3.63, 3.8) is 0 Å². The number of rotatable bonds is 2. The van der Waals surface area contributed by atoms with Crippen LogP contribution < -0.4 is 11.1 Å². The molecule has 4 unspecified atom stereocenters. The largest absolute Gasteiger partial charge is 0.419 e. The molecule has 2 saturated carbocycles. The Morgan fingerprint density at radius 1 is 1.12 bits per heavy atom. The monoisotopic (exact) mass is 362 g/mol. The molecule has 2 fully saturated rings. The molecule has 1 amide bonds. The topological polar surface area (TPSA) is 55.1 Å². The molecule has 0 aromatic heterocycles. The number of nitrogens with one attached hydrogen (secondary N) is 1. The first-order valence-corrected chi connectivity index (χ1v) is 8.38. The van der Waals surface area contributed by atoms with Crippen molar-refractivity contribution >= 4 is 12.1 Å². The second-order valence-corrected chi connectivity index (χ2v) is 6.51. The Hall–Kier alpha value is -1.63. The predicted molar refractivity (Wildman–Crippen MR) is 90.4 cm³/mol. The van der Waals surface area contributed by atoms with Gasteiger partial charge in [-0.1, -0.05) is 13.8 Å². The molecule has 25 heavy (non-hydrogen) atoms. The van der Waals surface area contributed by atoms with E-state index in [2.05, 4.69) is 19.6 Å². The standard InChI is InChI=1S/C9H16.C8H5F4NO.CH5N/c1-6-7(2)9-4-3-8(6)5-9;9-7-2-1-5(13-4-14)3-6(7)8(10,11)12;1-2/h6-9H,3-5H2,1-2H3;1-4H,(H,13,14);2H2,1H3. The number of halogens is 4. The summed E-state index contributed by atoms with van der Waals surface area (Å²) in [5, 5.41) is 2.00. The summed E-state index contributed by atoms with van der Waals surface area (Å²) in [6.45, 7) is 4.88. The molecule has 4 atom stereocenters. The molecule has 2 aliphatic rings. The molecule has 142 valence electrons. The van der Waals surface area contributed by atoms with Gasteiger partial charge in [0, 0.05) is 5.69 Å². The average Bonchev–Trinajstić information content (AvgIpc) is 3.15. The van der Waals surface area contributed by atoms with Gasteiger partial charge in [0.2, 0.25) is 6.41 Å². The summed E-state index contributed by atoms with van der Waals surface area (Å²) in [4.78, 5) is 9.93. The highest BCUT2D eigenvalue weighted by atomic mass is 19.4. The zero-order chi connectivity index (χ0) is 19.2. The van der Waals surface area contributed by atoms with Crippen LogP contribution in [0.4, 0.5) is 23.2 Å². The average molecular weight is 362 g/mol. The Bertz CT molecular complexity index is 544. The van der Waals surface area contributed by atoms with Gasteiger partial charge < -0.3 is 11.1 Å². The molecule has 2 aliphatic carbocycles. The lowest BCUT2D eigenvalue weighted by Crippen LogP contribution is -2.15. The van der Waals surface area contributed by atoms with Crippen LogP contribution in [0.3, 0.4) is 0 Å². The SMILES string of the molecule is CC1C2CCC(C2)C1C.CN.O=CNc1ccc(F)c(C(F)(F)F)c1. The van der Waals surface area contributed by atoms with Crippen molar-refractivity contribution in [2.24, 2.45) is 29.4 Å². The highest BCUT2D eigenvalue weighted by Gasteiger charge is 2.42. The number of nitrogens with two attached hydrogens (primary N) is 1. The van der Waals surface area contributed by atoms with Crippen LogP contribution in [0.1, 0.15) is 38.7 Å². The summed E-state index contributed by atoms with van der Waals surface area (Å²) >= 11 is 0. The molecule has 3 N–H and O–H groups in total. The third-order valence-electron chi connectivity index (χ3n) is 5.33. The van der Waals surface area contributed by atoms with Crippen molar-refractivity contribution in [1.29, 1.82) is 0 Å². The van der Waals surface area contributed by atoms with Gasteiger partial charge in [-0.2, -0.15) is 13.2 Å². The molecular formula is C18H26F4N2O. The molecule has 0 saturated heterocycles. The lowest BCUT2D eigenvalue weighted by molar-refractivity contribution is -0.140. The molecule has 2 bridgehead atoms. The van der Waals surface area contributed by atoms with Crippen molar-refractivity contribution in [2.75, 3.05) is 12.4 Å². The minimum Gasteiger partial charge on any atom is -0.333 e. The first-order chi connectivity index (χ1) is 11.7. The smallest absolute Gasteiger partial charge is 0.333 e. The van der Waals surface area contributed by atoms with Gasteiger partial charge in [0.25, 0.3) is 0 Å². The molecule has 0 aliphatic heterocycles. The van der Waals surface area contributed by atoms with E-state index in [1.165, 1.54) is 19.9 Å². The maximum atomic E-state index is 12.7. The molecule has 1 aromatic rings. The van der Waals surface area contributed by atoms with E-state index in [1.807, 2.05) is 5.32 Å². The van der Waals surface area contributed by atoms with Gasteiger partial charge in [0.15, 0.2) is 0 Å². The van der Waals surface area contributed by atoms with Crippen molar-refractivity contribution in [3.05, 3.63) is 29.6 Å². The number of fused-ring (bicyclic) bond motifs is 2. The highest BCUT2D eigenvalue weighted by Crippen LogP contribution is 2.51. The summed E-state index contributed by atoms with van der Waals surface area (Å²) in [6.07, 6.45) is 0.0900. The Labute approximate surface area is 146 Å². The van der Waals surface area contributed by atoms with Gasteiger partial charge >= 0.3 is 6.18 Å². The summed E-state index contributed by atoms with van der Waals surface area (Å²) in [5.41, 5.74) is 3.00. The fourth-order valence-corrected chi connectivity index (χ4v) is 3.77. The normalized spacial score (nSPS) is 26.9. The van der Waals surface area contributed by atoms with Crippen LogP contribution in [0.2, 0.25) is 0 Å². The fraction of sp³-hybridized carbons (Fsp3) is 0.611. The van der Waals surface area contributed by atoms with Gasteiger partial charge in [-0.05, 0) is 68.2 Å². The highest BCUT2D eigenvalue weighted by molar-refractivity contribution is 5.71. The number of alkyl halides is 3. The van der Waals surface area contributed by atoms with Crippen LogP contribution >= 0.6 is 0 Å². The van der Waals surface area contributed by atoms with E-state index in [0.29, 0.717) is 12.1 Å². The number of amides is 1. The number of hydrogen-bond donors (Lipinski definition) is 2. The second-order valence-electron chi connectivity index (χ2n) is 6.51. The molecule has 3 nitrogen and oxygen atoms in total. The van der Waals surface area contributed by atoms with E-state index in [-0.39, 0.29) is 12.1 Å². The van der Waals surface area contributed by atoms with Crippen LogP contribution in [0, 0.1) is 29.5 Å². The van der Waals surface area contributed by atoms with Gasteiger partial charge in [-0.3, -0.25) is 4.79 Å². The summed E-state index contributed by atoms with van der Waals surface area (Å²) in [6, 6.07) is 2.22. The van der Waals surface area contributed by atoms with Crippen molar-refractivity contribution in [3.8, 4) is 0 Å². The third kappa shape index (κ3) is 5.42. The predicted octanol–water partition coefficient (Wildman–Crippen LogP) is 4.68. The fourth-order valence-electron chi connectivity index (χ4n) is 3.77. The molecule has 0 heterocycles. The van der Waals surface area contributed by atoms with E-state index >= 15 is 0 Å². The second kappa shape index (κ2) is 9.17. The number of hydrogen-bond acceptors (Lipinski definition) is 2. The van der Waals surface area contributed by atoms with Crippen LogP contribution in [0.5, 0.6) is 0 Å². The molecule has 0 radical (unpaired) electrons. The third-order valence-corrected chi connectivity index (χ3v) is 5.33. The van der Waals surface area contributed by atoms with Gasteiger partial charge in [0.05, 0.1) is 5.56 Å². The molecule has 0 spiro atoms. The van der Waals surface area contributed by atoms with Gasteiger partial charge in [-0.25, -0.2) is 4.39 Å². The maximum absolute atomic E-state index is 12.7. The number of carbonyl (C=O) groups is 1. The lowest BCUT2D eigenvalue weighted by Gasteiger charge is -2.24. The Morgan fingerprint density at radius 2 is 1.64 bits per heavy atom. The lowest BCUT2D eigenvalue weighted by atomic mass is 9.82. The van der Waals surface area contributed by atoms with Gasteiger partial charge in [0.1, 0.15) is 5.82 Å². The molecular weight excluding hydrogens is 336 g/mol. The number of benzene rings is 1. The zero-order valence-corrected chi connectivity index (χ0v) is 14.7. The van der Waals surface area contributed by atoms with Crippen LogP contribution in [-0.2, 0) is 11.0 Å². The van der Waals surface area contributed by atoms with Gasteiger partial charge in [-0.15, -0.1) is 0 Å². The molecule has 3 rings (SSSR count). The molecule has 1 aromatic carbocycles. The van der Waals surface area contributed by atoms with E-state index < -0.39 is 17.6 Å². The molecule has 7 heteroatoms. The van der Waals surface area contributed by atoms with E-state index in [9.17, 15) is 22.4 Å². The minimum atomic E-state index is -4.76. The van der Waals surface area contributed by atoms with Crippen LogP contribution in [-0.4, -0.2) is 13.5 Å². The quantitative estimate of drug-likeness (QED) is 0.593. The first kappa shape index (κ1) is 21.4. The minimum absolute atomic E-state index is 0.103. The Balaban J connectivity index is 0.000000243. The van der Waals surface area contributed by atoms with Crippen molar-refractivity contribution in [2.45, 2.75) is 39.3 Å². The van der Waals surface area contributed by atoms with Crippen LogP contribution in [0.25, 0.3) is 0 Å². The van der Waals surface area contributed by atoms with E-state index in [1.54, 1.807) is 6.42 Å². The Morgan fingerprint density at radius 3 is 2.00 bits per heavy atom. The Kier molecular flexibility index (Phi) is 7.86.